The third-order valence-corrected chi connectivity index (χ3v) is 1.19. The van der Waals surface area contributed by atoms with Gasteiger partial charge in [0.2, 0.25) is 0 Å². The monoisotopic (exact) mass is 157 g/mol. The lowest BCUT2D eigenvalue weighted by atomic mass is 10.2. The molecule has 0 bridgehead atoms. The molecule has 1 heterocycles. The van der Waals surface area contributed by atoms with Crippen LogP contribution >= 0.6 is 0 Å². The Kier molecular flexibility index (Phi) is 1.80. The predicted octanol–water partition coefficient (Wildman–Crippen LogP) is 0.965. The van der Waals surface area contributed by atoms with Crippen molar-refractivity contribution in [3.05, 3.63) is 33.9 Å². The second-order valence-electron chi connectivity index (χ2n) is 2.15. The lowest BCUT2D eigenvalue weighted by Gasteiger charge is -2.12. The highest BCUT2D eigenvalue weighted by Crippen LogP contribution is 2.13. The van der Waals surface area contributed by atoms with Crippen LogP contribution in [0.5, 0.6) is 0 Å². The third-order valence-electron chi connectivity index (χ3n) is 1.19. The summed E-state index contributed by atoms with van der Waals surface area (Å²) in [5.41, 5.74) is -0.138. The summed E-state index contributed by atoms with van der Waals surface area (Å²) >= 11 is 0. The van der Waals surface area contributed by atoms with Crippen LogP contribution in [0.25, 0.3) is 0 Å². The SMILES string of the molecule is CC1C=C([N+](=O)[O-])C=C(O)O1. The van der Waals surface area contributed by atoms with E-state index in [2.05, 4.69) is 0 Å². The van der Waals surface area contributed by atoms with Crippen molar-refractivity contribution < 1.29 is 14.8 Å². The summed E-state index contributed by atoms with van der Waals surface area (Å²) in [4.78, 5) is 9.60. The van der Waals surface area contributed by atoms with E-state index in [0.717, 1.165) is 6.08 Å². The molecule has 0 saturated carbocycles. The molecular weight excluding hydrogens is 150 g/mol. The number of rotatable bonds is 1. The van der Waals surface area contributed by atoms with Gasteiger partial charge in [0.1, 0.15) is 6.10 Å². The van der Waals surface area contributed by atoms with E-state index in [1.54, 1.807) is 6.92 Å². The Morgan fingerprint density at radius 2 is 2.45 bits per heavy atom. The summed E-state index contributed by atoms with van der Waals surface area (Å²) in [7, 11) is 0. The molecule has 0 aromatic carbocycles. The number of nitrogens with zero attached hydrogens (tertiary/aromatic N) is 1. The van der Waals surface area contributed by atoms with E-state index in [-0.39, 0.29) is 5.70 Å². The fourth-order valence-electron chi connectivity index (χ4n) is 0.787. The van der Waals surface area contributed by atoms with Crippen LogP contribution in [0.2, 0.25) is 0 Å². The molecule has 1 rings (SSSR count). The van der Waals surface area contributed by atoms with Crippen LogP contribution in [0.4, 0.5) is 0 Å². The zero-order valence-corrected chi connectivity index (χ0v) is 5.85. The Labute approximate surface area is 62.7 Å². The highest BCUT2D eigenvalue weighted by molar-refractivity contribution is 5.16. The van der Waals surface area contributed by atoms with Crippen LogP contribution in [0.1, 0.15) is 6.92 Å². The summed E-state index contributed by atoms with van der Waals surface area (Å²) in [5.74, 6) is -0.410. The number of hydrogen-bond donors (Lipinski definition) is 1. The first-order chi connectivity index (χ1) is 5.09. The Morgan fingerprint density at radius 1 is 1.82 bits per heavy atom. The smallest absolute Gasteiger partial charge is 0.284 e. The van der Waals surface area contributed by atoms with Gasteiger partial charge in [-0.2, -0.15) is 0 Å². The number of nitro groups is 1. The van der Waals surface area contributed by atoms with Crippen LogP contribution in [0, 0.1) is 10.1 Å². The topological polar surface area (TPSA) is 72.6 Å². The van der Waals surface area contributed by atoms with Gasteiger partial charge in [-0.3, -0.25) is 10.1 Å². The van der Waals surface area contributed by atoms with Crippen molar-refractivity contribution in [1.82, 2.24) is 0 Å². The van der Waals surface area contributed by atoms with Gasteiger partial charge in [0.25, 0.3) is 11.6 Å². The highest BCUT2D eigenvalue weighted by atomic mass is 16.6. The molecule has 0 aliphatic carbocycles. The quantitative estimate of drug-likeness (QED) is 0.454. The fraction of sp³-hybridized carbons (Fsp3) is 0.333. The summed E-state index contributed by atoms with van der Waals surface area (Å²) in [6.07, 6.45) is 1.85. The molecule has 0 amide bonds. The maximum Gasteiger partial charge on any atom is 0.284 e. The largest absolute Gasteiger partial charge is 0.481 e. The van der Waals surface area contributed by atoms with Gasteiger partial charge < -0.3 is 9.84 Å². The molecule has 60 valence electrons. The lowest BCUT2D eigenvalue weighted by Crippen LogP contribution is -2.13. The normalized spacial score (nSPS) is 23.2. The number of ether oxygens (including phenoxy) is 1. The van der Waals surface area contributed by atoms with E-state index < -0.39 is 17.0 Å². The minimum atomic E-state index is -0.574. The Morgan fingerprint density at radius 3 is 2.91 bits per heavy atom. The van der Waals surface area contributed by atoms with E-state index in [1.807, 2.05) is 0 Å². The third kappa shape index (κ3) is 1.70. The second-order valence-corrected chi connectivity index (χ2v) is 2.15. The lowest BCUT2D eigenvalue weighted by molar-refractivity contribution is -0.420. The first-order valence-corrected chi connectivity index (χ1v) is 3.03. The van der Waals surface area contributed by atoms with E-state index in [4.69, 9.17) is 9.84 Å². The summed E-state index contributed by atoms with van der Waals surface area (Å²) in [5, 5.41) is 19.0. The average Bonchev–Trinajstić information content (AvgIpc) is 1.85. The van der Waals surface area contributed by atoms with Gasteiger partial charge >= 0.3 is 0 Å². The van der Waals surface area contributed by atoms with E-state index >= 15 is 0 Å². The minimum Gasteiger partial charge on any atom is -0.481 e. The molecule has 11 heavy (non-hydrogen) atoms. The van der Waals surface area contributed by atoms with Crippen LogP contribution in [-0.2, 0) is 4.74 Å². The summed E-state index contributed by atoms with van der Waals surface area (Å²) in [6.45, 7) is 1.60. The van der Waals surface area contributed by atoms with Crippen LogP contribution < -0.4 is 0 Å². The number of allylic oxidation sites excluding steroid dienone is 1. The van der Waals surface area contributed by atoms with Crippen LogP contribution in [0.3, 0.4) is 0 Å². The zero-order chi connectivity index (χ0) is 8.43. The first-order valence-electron chi connectivity index (χ1n) is 3.03. The van der Waals surface area contributed by atoms with Crippen molar-refractivity contribution in [3.63, 3.8) is 0 Å². The van der Waals surface area contributed by atoms with Gasteiger partial charge in [-0.05, 0) is 6.92 Å². The van der Waals surface area contributed by atoms with Gasteiger partial charge in [-0.25, -0.2) is 0 Å². The Balaban J connectivity index is 2.87. The van der Waals surface area contributed by atoms with E-state index in [1.165, 1.54) is 6.08 Å². The van der Waals surface area contributed by atoms with Gasteiger partial charge in [-0.15, -0.1) is 0 Å². The summed E-state index contributed by atoms with van der Waals surface area (Å²) in [6, 6.07) is 0. The van der Waals surface area contributed by atoms with Crippen molar-refractivity contribution >= 4 is 0 Å². The molecule has 0 spiro atoms. The second kappa shape index (κ2) is 2.61. The molecule has 5 heteroatoms. The molecular formula is C6H7NO4. The molecule has 5 nitrogen and oxygen atoms in total. The maximum absolute atomic E-state index is 10.2. The van der Waals surface area contributed by atoms with Crippen LogP contribution in [0.15, 0.2) is 23.8 Å². The molecule has 1 aliphatic heterocycles. The number of aliphatic hydroxyl groups excluding tert-OH is 1. The van der Waals surface area contributed by atoms with Gasteiger partial charge in [0.15, 0.2) is 0 Å². The molecule has 0 saturated heterocycles. The summed E-state index contributed by atoms with van der Waals surface area (Å²) < 4.78 is 4.70. The van der Waals surface area contributed by atoms with E-state index in [9.17, 15) is 10.1 Å². The number of aliphatic hydroxyl groups is 1. The van der Waals surface area contributed by atoms with Gasteiger partial charge in [0.05, 0.1) is 11.0 Å². The molecule has 1 unspecified atom stereocenters. The zero-order valence-electron chi connectivity index (χ0n) is 5.85. The fourth-order valence-corrected chi connectivity index (χ4v) is 0.787. The van der Waals surface area contributed by atoms with Crippen LogP contribution in [-0.4, -0.2) is 16.1 Å². The average molecular weight is 157 g/mol. The van der Waals surface area contributed by atoms with Gasteiger partial charge in [-0.1, -0.05) is 0 Å². The maximum atomic E-state index is 10.2. The van der Waals surface area contributed by atoms with Crippen molar-refractivity contribution in [2.75, 3.05) is 0 Å². The molecule has 1 N–H and O–H groups in total. The molecule has 1 aliphatic rings. The molecule has 1 atom stereocenters. The van der Waals surface area contributed by atoms with Crippen molar-refractivity contribution in [3.8, 4) is 0 Å². The van der Waals surface area contributed by atoms with Gasteiger partial charge in [0, 0.05) is 6.08 Å². The molecule has 0 aromatic heterocycles. The Hall–Kier alpha value is -1.52. The predicted molar refractivity (Wildman–Crippen MR) is 36.3 cm³/mol. The Bertz CT molecular complexity index is 243. The molecule has 0 radical (unpaired) electrons. The van der Waals surface area contributed by atoms with E-state index in [0.29, 0.717) is 0 Å². The van der Waals surface area contributed by atoms with Crippen molar-refractivity contribution in [2.24, 2.45) is 0 Å². The van der Waals surface area contributed by atoms with Crippen molar-refractivity contribution in [1.29, 1.82) is 0 Å². The highest BCUT2D eigenvalue weighted by Gasteiger charge is 2.18. The molecule has 0 fully saturated rings. The van der Waals surface area contributed by atoms with Crippen molar-refractivity contribution in [2.45, 2.75) is 13.0 Å². The first kappa shape index (κ1) is 7.59. The standard InChI is InChI=1S/C6H7NO4/c1-4-2-5(7(9)10)3-6(8)11-4/h2-4,8H,1H3. The minimum absolute atomic E-state index is 0.138. The molecule has 0 aromatic rings. The number of hydrogen-bond acceptors (Lipinski definition) is 4.